The largest absolute Gasteiger partial charge is 0.383 e. The van der Waals surface area contributed by atoms with Crippen LogP contribution in [0.2, 0.25) is 0 Å². The number of carbonyl (C=O) groups is 2. The highest BCUT2D eigenvalue weighted by Crippen LogP contribution is 2.23. The van der Waals surface area contributed by atoms with Gasteiger partial charge in [-0.05, 0) is 19.3 Å². The van der Waals surface area contributed by atoms with Crippen LogP contribution >= 0.6 is 0 Å². The van der Waals surface area contributed by atoms with Crippen molar-refractivity contribution in [1.82, 2.24) is 9.80 Å². The maximum absolute atomic E-state index is 12.7. The lowest BCUT2D eigenvalue weighted by Crippen LogP contribution is -2.52. The van der Waals surface area contributed by atoms with Crippen LogP contribution in [0.25, 0.3) is 0 Å². The Bertz CT molecular complexity index is 557. The van der Waals surface area contributed by atoms with Crippen LogP contribution in [0.15, 0.2) is 0 Å². The molecule has 24 heavy (non-hydrogen) atoms. The number of ether oxygens (including phenoxy) is 1. The molecule has 8 heteroatoms. The van der Waals surface area contributed by atoms with E-state index in [1.54, 1.807) is 11.9 Å². The fourth-order valence-electron chi connectivity index (χ4n) is 3.57. The third kappa shape index (κ3) is 4.69. The van der Waals surface area contributed by atoms with Gasteiger partial charge in [0.2, 0.25) is 0 Å². The van der Waals surface area contributed by atoms with Gasteiger partial charge in [0.15, 0.2) is 9.84 Å². The van der Waals surface area contributed by atoms with E-state index in [1.807, 2.05) is 0 Å². The smallest absolute Gasteiger partial charge is 0.312 e. The number of sulfone groups is 1. The van der Waals surface area contributed by atoms with E-state index in [4.69, 9.17) is 4.74 Å². The van der Waals surface area contributed by atoms with E-state index in [0.717, 1.165) is 25.7 Å². The van der Waals surface area contributed by atoms with Crippen LogP contribution in [0, 0.1) is 0 Å². The third-order valence-corrected chi connectivity index (χ3v) is 6.82. The van der Waals surface area contributed by atoms with E-state index in [9.17, 15) is 18.0 Å². The van der Waals surface area contributed by atoms with Crippen LogP contribution in [0.5, 0.6) is 0 Å². The molecule has 1 saturated heterocycles. The maximum Gasteiger partial charge on any atom is 0.312 e. The van der Waals surface area contributed by atoms with E-state index < -0.39 is 27.7 Å². The van der Waals surface area contributed by atoms with Crippen molar-refractivity contribution < 1.29 is 22.7 Å². The van der Waals surface area contributed by atoms with Gasteiger partial charge < -0.3 is 14.5 Å². The third-order valence-electron chi connectivity index (χ3n) is 5.07. The average molecular weight is 360 g/mol. The van der Waals surface area contributed by atoms with Gasteiger partial charge >= 0.3 is 11.8 Å². The van der Waals surface area contributed by atoms with Crippen LogP contribution in [0.1, 0.15) is 38.5 Å². The lowest BCUT2D eigenvalue weighted by molar-refractivity contribution is -0.154. The van der Waals surface area contributed by atoms with Gasteiger partial charge in [0.1, 0.15) is 0 Å². The zero-order valence-corrected chi connectivity index (χ0v) is 15.4. The lowest BCUT2D eigenvalue weighted by Gasteiger charge is -2.34. The summed E-state index contributed by atoms with van der Waals surface area (Å²) in [4.78, 5) is 28.3. The standard InChI is InChI=1S/C16H28N2O5S/c1-17(13-6-4-3-5-7-13)15(19)16(20)18(9-10-23-2)14-8-11-24(21,22)12-14/h13-14H,3-12H2,1-2H3. The predicted molar refractivity (Wildman–Crippen MR) is 90.3 cm³/mol. The Labute approximate surface area is 144 Å². The molecule has 0 radical (unpaired) electrons. The van der Waals surface area contributed by atoms with Crippen LogP contribution in [-0.2, 0) is 24.2 Å². The van der Waals surface area contributed by atoms with Crippen LogP contribution < -0.4 is 0 Å². The molecule has 2 amide bonds. The molecule has 138 valence electrons. The molecule has 0 bridgehead atoms. The van der Waals surface area contributed by atoms with Crippen LogP contribution in [0.4, 0.5) is 0 Å². The molecule has 1 aliphatic carbocycles. The SMILES string of the molecule is COCCN(C(=O)C(=O)N(C)C1CCCCC1)C1CCS(=O)(=O)C1. The van der Waals surface area contributed by atoms with E-state index in [2.05, 4.69) is 0 Å². The molecular formula is C16H28N2O5S. The molecule has 2 fully saturated rings. The summed E-state index contributed by atoms with van der Waals surface area (Å²) in [7, 11) is 0.0695. The number of amides is 2. The lowest BCUT2D eigenvalue weighted by atomic mass is 9.94. The summed E-state index contributed by atoms with van der Waals surface area (Å²) < 4.78 is 28.5. The van der Waals surface area contributed by atoms with E-state index in [0.29, 0.717) is 6.42 Å². The van der Waals surface area contributed by atoms with Gasteiger partial charge in [-0.2, -0.15) is 0 Å². The topological polar surface area (TPSA) is 84.0 Å². The molecule has 1 saturated carbocycles. The highest BCUT2D eigenvalue weighted by molar-refractivity contribution is 7.91. The number of likely N-dealkylation sites (N-methyl/N-ethyl adjacent to an activating group) is 1. The molecule has 0 N–H and O–H groups in total. The number of hydrogen-bond donors (Lipinski definition) is 0. The molecule has 7 nitrogen and oxygen atoms in total. The van der Waals surface area contributed by atoms with Gasteiger partial charge in [-0.3, -0.25) is 9.59 Å². The minimum Gasteiger partial charge on any atom is -0.383 e. The van der Waals surface area contributed by atoms with Crippen molar-refractivity contribution >= 4 is 21.7 Å². The first-order valence-corrected chi connectivity index (χ1v) is 10.4. The Morgan fingerprint density at radius 3 is 2.25 bits per heavy atom. The first-order valence-electron chi connectivity index (χ1n) is 8.63. The summed E-state index contributed by atoms with van der Waals surface area (Å²) in [5.74, 6) is -1.14. The van der Waals surface area contributed by atoms with Crippen LogP contribution in [0.3, 0.4) is 0 Å². The summed E-state index contributed by atoms with van der Waals surface area (Å²) in [5.41, 5.74) is 0. The molecular weight excluding hydrogens is 332 g/mol. The van der Waals surface area contributed by atoms with E-state index in [1.165, 1.54) is 18.4 Å². The number of nitrogens with zero attached hydrogens (tertiary/aromatic N) is 2. The van der Waals surface area contributed by atoms with Gasteiger partial charge in [0, 0.05) is 32.8 Å². The van der Waals surface area contributed by atoms with Gasteiger partial charge in [0.05, 0.1) is 18.1 Å². The minimum atomic E-state index is -3.13. The zero-order chi connectivity index (χ0) is 17.7. The molecule has 1 aliphatic heterocycles. The first-order chi connectivity index (χ1) is 11.4. The molecule has 1 atom stereocenters. The molecule has 0 aromatic carbocycles. The highest BCUT2D eigenvalue weighted by Gasteiger charge is 2.38. The molecule has 2 rings (SSSR count). The Balaban J connectivity index is 2.06. The first kappa shape index (κ1) is 19.2. The second kappa shape index (κ2) is 8.29. The Morgan fingerprint density at radius 1 is 1.04 bits per heavy atom. The second-order valence-electron chi connectivity index (χ2n) is 6.76. The maximum atomic E-state index is 12.7. The van der Waals surface area contributed by atoms with Crippen molar-refractivity contribution in [3.05, 3.63) is 0 Å². The molecule has 1 heterocycles. The average Bonchev–Trinajstić information content (AvgIpc) is 2.94. The minimum absolute atomic E-state index is 0.0666. The molecule has 0 aromatic heterocycles. The summed E-state index contributed by atoms with van der Waals surface area (Å²) in [6.07, 6.45) is 5.55. The van der Waals surface area contributed by atoms with Gasteiger partial charge in [-0.15, -0.1) is 0 Å². The van der Waals surface area contributed by atoms with Crippen molar-refractivity contribution in [3.63, 3.8) is 0 Å². The van der Waals surface area contributed by atoms with Crippen molar-refractivity contribution in [2.45, 2.75) is 50.6 Å². The van der Waals surface area contributed by atoms with Gasteiger partial charge in [-0.1, -0.05) is 19.3 Å². The summed E-state index contributed by atoms with van der Waals surface area (Å²) in [6.45, 7) is 0.516. The Morgan fingerprint density at radius 2 is 1.71 bits per heavy atom. The predicted octanol–water partition coefficient (Wildman–Crippen LogP) is 0.440. The summed E-state index contributed by atoms with van der Waals surface area (Å²) in [6, 6.07) is -0.326. The monoisotopic (exact) mass is 360 g/mol. The number of rotatable bonds is 5. The molecule has 2 aliphatic rings. The highest BCUT2D eigenvalue weighted by atomic mass is 32.2. The fourth-order valence-corrected chi connectivity index (χ4v) is 5.30. The Kier molecular flexibility index (Phi) is 6.62. The summed E-state index contributed by atoms with van der Waals surface area (Å²) in [5, 5.41) is 0. The molecule has 0 spiro atoms. The number of hydrogen-bond acceptors (Lipinski definition) is 5. The van der Waals surface area contributed by atoms with Gasteiger partial charge in [0.25, 0.3) is 0 Å². The van der Waals surface area contributed by atoms with Crippen molar-refractivity contribution in [3.8, 4) is 0 Å². The van der Waals surface area contributed by atoms with Crippen molar-refractivity contribution in [2.24, 2.45) is 0 Å². The number of carbonyl (C=O) groups excluding carboxylic acids is 2. The van der Waals surface area contributed by atoms with Crippen molar-refractivity contribution in [1.29, 1.82) is 0 Å². The van der Waals surface area contributed by atoms with E-state index >= 15 is 0 Å². The molecule has 1 unspecified atom stereocenters. The van der Waals surface area contributed by atoms with E-state index in [-0.39, 0.29) is 30.7 Å². The van der Waals surface area contributed by atoms with Crippen molar-refractivity contribution in [2.75, 3.05) is 38.8 Å². The quantitative estimate of drug-likeness (QED) is 0.664. The fraction of sp³-hybridized carbons (Fsp3) is 0.875. The number of methoxy groups -OCH3 is 1. The normalized spacial score (nSPS) is 23.8. The van der Waals surface area contributed by atoms with Gasteiger partial charge in [-0.25, -0.2) is 8.42 Å². The Hall–Kier alpha value is -1.15. The summed E-state index contributed by atoms with van der Waals surface area (Å²) >= 11 is 0. The molecule has 0 aromatic rings. The zero-order valence-electron chi connectivity index (χ0n) is 14.6. The van der Waals surface area contributed by atoms with Crippen LogP contribution in [-0.4, -0.2) is 80.9 Å². The second-order valence-corrected chi connectivity index (χ2v) is 8.98.